The zero-order valence-electron chi connectivity index (χ0n) is 9.98. The van der Waals surface area contributed by atoms with Gasteiger partial charge < -0.3 is 5.32 Å². The summed E-state index contributed by atoms with van der Waals surface area (Å²) in [5.74, 6) is 0. The normalized spacial score (nSPS) is 11.3. The quantitative estimate of drug-likeness (QED) is 0.904. The second-order valence-electron chi connectivity index (χ2n) is 4.26. The number of halogens is 1. The summed E-state index contributed by atoms with van der Waals surface area (Å²) in [4.78, 5) is 2.65. The van der Waals surface area contributed by atoms with E-state index in [4.69, 9.17) is 11.6 Å². The van der Waals surface area contributed by atoms with Crippen LogP contribution in [0.1, 0.15) is 23.6 Å². The molecule has 2 heterocycles. The van der Waals surface area contributed by atoms with Gasteiger partial charge >= 0.3 is 0 Å². The highest BCUT2D eigenvalue weighted by atomic mass is 35.5. The molecule has 0 amide bonds. The van der Waals surface area contributed by atoms with E-state index in [2.05, 4.69) is 36.4 Å². The van der Waals surface area contributed by atoms with Crippen molar-refractivity contribution < 1.29 is 0 Å². The number of aromatic nitrogens is 2. The Labute approximate surface area is 110 Å². The van der Waals surface area contributed by atoms with E-state index in [0.29, 0.717) is 11.1 Å². The Morgan fingerprint density at radius 2 is 2.18 bits per heavy atom. The molecule has 1 N–H and O–H groups in total. The minimum absolute atomic E-state index is 0.519. The number of hydrogen-bond donors (Lipinski definition) is 1. The lowest BCUT2D eigenvalue weighted by atomic mass is 10.3. The van der Waals surface area contributed by atoms with Crippen molar-refractivity contribution in [2.45, 2.75) is 33.0 Å². The van der Waals surface area contributed by atoms with Crippen LogP contribution in [-0.2, 0) is 13.1 Å². The first kappa shape index (κ1) is 12.6. The van der Waals surface area contributed by atoms with Crippen molar-refractivity contribution in [1.82, 2.24) is 15.1 Å². The fourth-order valence-electron chi connectivity index (χ4n) is 1.49. The molecule has 0 unspecified atom stereocenters. The van der Waals surface area contributed by atoms with Crippen LogP contribution in [0.5, 0.6) is 0 Å². The van der Waals surface area contributed by atoms with E-state index in [1.165, 1.54) is 9.75 Å². The molecule has 0 bridgehead atoms. The number of nitrogens with zero attached hydrogens (tertiary/aromatic N) is 2. The van der Waals surface area contributed by atoms with Crippen LogP contribution < -0.4 is 5.32 Å². The Morgan fingerprint density at radius 1 is 1.41 bits per heavy atom. The Bertz CT molecular complexity index is 476. The number of thiophene rings is 1. The largest absolute Gasteiger partial charge is 0.310 e. The van der Waals surface area contributed by atoms with Crippen molar-refractivity contribution in [1.29, 1.82) is 0 Å². The Kier molecular flexibility index (Phi) is 4.20. The van der Waals surface area contributed by atoms with E-state index >= 15 is 0 Å². The molecule has 0 aliphatic heterocycles. The molecular weight excluding hydrogens is 254 g/mol. The second-order valence-corrected chi connectivity index (χ2v) is 5.95. The highest BCUT2D eigenvalue weighted by molar-refractivity contribution is 7.11. The third-order valence-electron chi connectivity index (χ3n) is 2.32. The van der Waals surface area contributed by atoms with Crippen LogP contribution in [0.15, 0.2) is 24.5 Å². The minimum atomic E-state index is 0.519. The SMILES string of the molecule is CC(C)NCc1ccc(Cn2cc(Cl)cn2)s1. The standard InChI is InChI=1S/C12H16ClN3S/c1-9(2)14-6-11-3-4-12(17-11)8-16-7-10(13)5-15-16/h3-5,7,9,14H,6,8H2,1-2H3. The van der Waals surface area contributed by atoms with E-state index in [1.807, 2.05) is 22.2 Å². The first-order chi connectivity index (χ1) is 8.13. The van der Waals surface area contributed by atoms with E-state index in [1.54, 1.807) is 6.20 Å². The van der Waals surface area contributed by atoms with E-state index in [0.717, 1.165) is 13.1 Å². The molecule has 0 aromatic carbocycles. The van der Waals surface area contributed by atoms with Gasteiger partial charge in [-0.3, -0.25) is 4.68 Å². The molecular formula is C12H16ClN3S. The minimum Gasteiger partial charge on any atom is -0.310 e. The molecule has 3 nitrogen and oxygen atoms in total. The van der Waals surface area contributed by atoms with Crippen LogP contribution >= 0.6 is 22.9 Å². The van der Waals surface area contributed by atoms with Gasteiger partial charge in [0, 0.05) is 28.5 Å². The van der Waals surface area contributed by atoms with E-state index in [-0.39, 0.29) is 0 Å². The monoisotopic (exact) mass is 269 g/mol. The van der Waals surface area contributed by atoms with Crippen LogP contribution in [0.2, 0.25) is 5.02 Å². The fourth-order valence-corrected chi connectivity index (χ4v) is 2.61. The maximum atomic E-state index is 5.83. The summed E-state index contributed by atoms with van der Waals surface area (Å²) in [6.07, 6.45) is 3.50. The summed E-state index contributed by atoms with van der Waals surface area (Å²) in [6, 6.07) is 4.84. The van der Waals surface area contributed by atoms with Gasteiger partial charge in [-0.15, -0.1) is 11.3 Å². The van der Waals surface area contributed by atoms with Crippen molar-refractivity contribution >= 4 is 22.9 Å². The second kappa shape index (κ2) is 5.67. The summed E-state index contributed by atoms with van der Waals surface area (Å²) < 4.78 is 1.85. The van der Waals surface area contributed by atoms with Crippen LogP contribution in [-0.4, -0.2) is 15.8 Å². The fraction of sp³-hybridized carbons (Fsp3) is 0.417. The van der Waals surface area contributed by atoms with Crippen molar-refractivity contribution in [2.24, 2.45) is 0 Å². The first-order valence-corrected chi connectivity index (χ1v) is 6.82. The van der Waals surface area contributed by atoms with E-state index < -0.39 is 0 Å². The van der Waals surface area contributed by atoms with Crippen molar-refractivity contribution in [2.75, 3.05) is 0 Å². The number of rotatable bonds is 5. The molecule has 0 radical (unpaired) electrons. The van der Waals surface area contributed by atoms with Gasteiger partial charge in [-0.2, -0.15) is 5.10 Å². The Balaban J connectivity index is 1.94. The molecule has 0 aliphatic carbocycles. The van der Waals surface area contributed by atoms with Gasteiger partial charge in [-0.1, -0.05) is 25.4 Å². The molecule has 0 spiro atoms. The molecule has 0 atom stereocenters. The average molecular weight is 270 g/mol. The molecule has 2 aromatic rings. The van der Waals surface area contributed by atoms with Gasteiger partial charge in [-0.05, 0) is 12.1 Å². The van der Waals surface area contributed by atoms with Gasteiger partial charge in [0.1, 0.15) is 0 Å². The van der Waals surface area contributed by atoms with E-state index in [9.17, 15) is 0 Å². The van der Waals surface area contributed by atoms with Crippen LogP contribution in [0, 0.1) is 0 Å². The van der Waals surface area contributed by atoms with Gasteiger partial charge in [-0.25, -0.2) is 0 Å². The highest BCUT2D eigenvalue weighted by Gasteiger charge is 2.03. The number of nitrogens with one attached hydrogen (secondary N) is 1. The maximum absolute atomic E-state index is 5.83. The van der Waals surface area contributed by atoms with Gasteiger partial charge in [0.05, 0.1) is 17.8 Å². The van der Waals surface area contributed by atoms with Gasteiger partial charge in [0.2, 0.25) is 0 Å². The summed E-state index contributed by atoms with van der Waals surface area (Å²) in [6.45, 7) is 6.03. The molecule has 5 heteroatoms. The zero-order valence-corrected chi connectivity index (χ0v) is 11.6. The summed E-state index contributed by atoms with van der Waals surface area (Å²) in [7, 11) is 0. The lowest BCUT2D eigenvalue weighted by molar-refractivity contribution is 0.593. The highest BCUT2D eigenvalue weighted by Crippen LogP contribution is 2.18. The van der Waals surface area contributed by atoms with Crippen molar-refractivity contribution in [3.63, 3.8) is 0 Å². The predicted molar refractivity (Wildman–Crippen MR) is 72.6 cm³/mol. The zero-order chi connectivity index (χ0) is 12.3. The van der Waals surface area contributed by atoms with Crippen LogP contribution in [0.25, 0.3) is 0 Å². The maximum Gasteiger partial charge on any atom is 0.0785 e. The molecule has 92 valence electrons. The molecule has 0 fully saturated rings. The molecule has 0 saturated carbocycles. The predicted octanol–water partition coefficient (Wildman–Crippen LogP) is 3.14. The molecule has 2 aromatic heterocycles. The molecule has 0 saturated heterocycles. The molecule has 17 heavy (non-hydrogen) atoms. The third-order valence-corrected chi connectivity index (χ3v) is 3.59. The van der Waals surface area contributed by atoms with Crippen molar-refractivity contribution in [3.8, 4) is 0 Å². The summed E-state index contributed by atoms with van der Waals surface area (Å²) in [5.41, 5.74) is 0. The lowest BCUT2D eigenvalue weighted by Crippen LogP contribution is -2.21. The lowest BCUT2D eigenvalue weighted by Gasteiger charge is -2.05. The van der Waals surface area contributed by atoms with Gasteiger partial charge in [0.25, 0.3) is 0 Å². The first-order valence-electron chi connectivity index (χ1n) is 5.62. The van der Waals surface area contributed by atoms with Gasteiger partial charge in [0.15, 0.2) is 0 Å². The third kappa shape index (κ3) is 3.84. The molecule has 0 aliphatic rings. The topological polar surface area (TPSA) is 29.9 Å². The van der Waals surface area contributed by atoms with Crippen molar-refractivity contribution in [3.05, 3.63) is 39.3 Å². The summed E-state index contributed by atoms with van der Waals surface area (Å²) >= 11 is 7.64. The average Bonchev–Trinajstić information content (AvgIpc) is 2.86. The number of hydrogen-bond acceptors (Lipinski definition) is 3. The Morgan fingerprint density at radius 3 is 2.82 bits per heavy atom. The van der Waals surface area contributed by atoms with Crippen LogP contribution in [0.3, 0.4) is 0 Å². The van der Waals surface area contributed by atoms with Crippen LogP contribution in [0.4, 0.5) is 0 Å². The summed E-state index contributed by atoms with van der Waals surface area (Å²) in [5, 5.41) is 8.26. The smallest absolute Gasteiger partial charge is 0.0785 e. The Hall–Kier alpha value is -0.840. The molecule has 2 rings (SSSR count).